The molecule has 0 heterocycles. The van der Waals surface area contributed by atoms with Gasteiger partial charge in [0.15, 0.2) is 0 Å². The fourth-order valence-electron chi connectivity index (χ4n) is 4.02. The second kappa shape index (κ2) is 23.7. The van der Waals surface area contributed by atoms with E-state index in [9.17, 15) is 18.1 Å². The fraction of sp³-hybridized carbons (Fsp3) is 1.00. The van der Waals surface area contributed by atoms with Crippen LogP contribution in [0.3, 0.4) is 0 Å². The summed E-state index contributed by atoms with van der Waals surface area (Å²) < 4.78 is 33.1. The average Bonchev–Trinajstić information content (AvgIpc) is 2.67. The van der Waals surface area contributed by atoms with E-state index in [0.717, 1.165) is 44.9 Å². The van der Waals surface area contributed by atoms with Crippen LogP contribution in [0.2, 0.25) is 0 Å². The zero-order valence-corrected chi connectivity index (χ0v) is 24.3. The molecule has 0 saturated heterocycles. The zero-order valence-electron chi connectivity index (χ0n) is 20.4. The Morgan fingerprint density at radius 3 is 1.30 bits per heavy atom. The monoisotopic (exact) mass is 472 g/mol. The largest absolute Gasteiger partial charge is 1.00 e. The van der Waals surface area contributed by atoms with Crippen LogP contribution in [0.25, 0.3) is 0 Å². The molecule has 0 aromatic heterocycles. The van der Waals surface area contributed by atoms with Gasteiger partial charge in [-0.25, -0.2) is 8.42 Å². The molecule has 4 nitrogen and oxygen atoms in total. The number of hydrogen-bond donors (Lipinski definition) is 1. The minimum Gasteiger partial charge on any atom is -0.748 e. The predicted octanol–water partition coefficient (Wildman–Crippen LogP) is 4.11. The normalized spacial score (nSPS) is 13.7. The van der Waals surface area contributed by atoms with E-state index in [0.29, 0.717) is 12.8 Å². The first kappa shape index (κ1) is 33.7. The van der Waals surface area contributed by atoms with Gasteiger partial charge >= 0.3 is 51.4 Å². The molecule has 2 atom stereocenters. The Hall–Kier alpha value is 1.51. The van der Waals surface area contributed by atoms with Gasteiger partial charge in [0.05, 0.1) is 16.2 Å². The van der Waals surface area contributed by atoms with Gasteiger partial charge in [0.25, 0.3) is 0 Å². The molecule has 0 aliphatic heterocycles. The number of hydrogen-bond acceptors (Lipinski definition) is 4. The molecule has 30 heavy (non-hydrogen) atoms. The van der Waals surface area contributed by atoms with Gasteiger partial charge in [-0.15, -0.1) is 0 Å². The van der Waals surface area contributed by atoms with Gasteiger partial charge < -0.3 is 9.66 Å². The molecule has 0 aromatic rings. The minimum absolute atomic E-state index is 0. The van der Waals surface area contributed by atoms with E-state index in [1.165, 1.54) is 70.6 Å². The van der Waals surface area contributed by atoms with E-state index in [2.05, 4.69) is 6.92 Å². The van der Waals surface area contributed by atoms with Crippen LogP contribution in [-0.4, -0.2) is 29.4 Å². The number of aliphatic hydroxyl groups is 1. The topological polar surface area (TPSA) is 77.4 Å². The average molecular weight is 473 g/mol. The molecule has 1 N–H and O–H groups in total. The van der Waals surface area contributed by atoms with Gasteiger partial charge in [0.1, 0.15) is 0 Å². The Bertz CT molecular complexity index is 442. The van der Waals surface area contributed by atoms with Gasteiger partial charge in [0.2, 0.25) is 0 Å². The second-order valence-corrected chi connectivity index (χ2v) is 10.5. The molecule has 0 radical (unpaired) electrons. The molecule has 0 spiro atoms. The zero-order chi connectivity index (χ0) is 21.8. The van der Waals surface area contributed by atoms with Crippen molar-refractivity contribution in [3.8, 4) is 0 Å². The van der Waals surface area contributed by atoms with Crippen molar-refractivity contribution < 1.29 is 69.5 Å². The maximum absolute atomic E-state index is 11.0. The molecule has 0 amide bonds. The summed E-state index contributed by atoms with van der Waals surface area (Å²) in [7, 11) is -4.14. The quantitative estimate of drug-likeness (QED) is 0.146. The van der Waals surface area contributed by atoms with Crippen LogP contribution in [0.5, 0.6) is 0 Å². The van der Waals surface area contributed by atoms with Gasteiger partial charge in [-0.1, -0.05) is 117 Å². The maximum Gasteiger partial charge on any atom is 1.00 e. The van der Waals surface area contributed by atoms with Gasteiger partial charge in [-0.3, -0.25) is 0 Å². The van der Waals surface area contributed by atoms with E-state index in [1.807, 2.05) is 0 Å². The van der Waals surface area contributed by atoms with Gasteiger partial charge in [-0.05, 0) is 25.7 Å². The summed E-state index contributed by atoms with van der Waals surface area (Å²) in [6.07, 6.45) is 22.2. The van der Waals surface area contributed by atoms with Crippen LogP contribution in [0.4, 0.5) is 0 Å². The third kappa shape index (κ3) is 22.7. The van der Waals surface area contributed by atoms with E-state index in [-0.39, 0.29) is 57.5 Å². The Labute approximate surface area is 230 Å². The summed E-state index contributed by atoms with van der Waals surface area (Å²) in [4.78, 5) is 0. The second-order valence-electron chi connectivity index (χ2n) is 8.85. The number of aliphatic hydroxyl groups excluding tert-OH is 1. The van der Waals surface area contributed by atoms with E-state index < -0.39 is 15.4 Å². The molecule has 6 heteroatoms. The molecule has 2 unspecified atom stereocenters. The first-order valence-corrected chi connectivity index (χ1v) is 14.0. The van der Waals surface area contributed by atoms with Crippen LogP contribution in [0.1, 0.15) is 142 Å². The fourth-order valence-corrected chi connectivity index (χ4v) is 4.89. The molecule has 0 fully saturated rings. The first-order chi connectivity index (χ1) is 13.9. The van der Waals surface area contributed by atoms with Crippen molar-refractivity contribution in [3.05, 3.63) is 0 Å². The van der Waals surface area contributed by atoms with Crippen molar-refractivity contribution in [2.45, 2.75) is 154 Å². The van der Waals surface area contributed by atoms with E-state index in [4.69, 9.17) is 0 Å². The van der Waals surface area contributed by atoms with Crippen molar-refractivity contribution in [2.75, 3.05) is 0 Å². The van der Waals surface area contributed by atoms with Crippen molar-refractivity contribution in [1.29, 1.82) is 0 Å². The predicted molar refractivity (Wildman–Crippen MR) is 123 cm³/mol. The van der Waals surface area contributed by atoms with Crippen molar-refractivity contribution >= 4 is 10.1 Å². The summed E-state index contributed by atoms with van der Waals surface area (Å²) in [5, 5.41) is 9.36. The Balaban J connectivity index is 0. The Kier molecular flexibility index (Phi) is 26.6. The SMILES string of the molecule is CCCCCCCCCCCCCCC(O)CCCCCCC(CC)S(=O)(=O)[O-].[K+]. The maximum atomic E-state index is 11.0. The van der Waals surface area contributed by atoms with Crippen LogP contribution in [0, 0.1) is 0 Å². The Morgan fingerprint density at radius 2 is 0.967 bits per heavy atom. The van der Waals surface area contributed by atoms with Crippen molar-refractivity contribution in [1.82, 2.24) is 0 Å². The molecule has 0 saturated carbocycles. The van der Waals surface area contributed by atoms with Gasteiger partial charge in [-0.2, -0.15) is 0 Å². The molecule has 0 bridgehead atoms. The minimum atomic E-state index is -4.14. The van der Waals surface area contributed by atoms with E-state index in [1.54, 1.807) is 6.92 Å². The third-order valence-corrected chi connectivity index (χ3v) is 7.45. The van der Waals surface area contributed by atoms with Gasteiger partial charge in [0, 0.05) is 5.25 Å². The molecule has 0 aromatic carbocycles. The van der Waals surface area contributed by atoms with Crippen LogP contribution >= 0.6 is 0 Å². The van der Waals surface area contributed by atoms with Crippen LogP contribution in [-0.2, 0) is 10.1 Å². The van der Waals surface area contributed by atoms with Crippen molar-refractivity contribution in [3.63, 3.8) is 0 Å². The number of rotatable bonds is 22. The first-order valence-electron chi connectivity index (χ1n) is 12.5. The molecular weight excluding hydrogens is 423 g/mol. The molecule has 0 rings (SSSR count). The standard InChI is InChI=1S/C24H50O4S.K/c1-3-5-6-7-8-9-10-11-12-13-14-17-20-23(25)21-18-15-16-19-22-24(4-2)29(26,27)28;/h23-25H,3-22H2,1-2H3,(H,26,27,28);/q;+1/p-1. The van der Waals surface area contributed by atoms with E-state index >= 15 is 0 Å². The molecule has 0 aliphatic carbocycles. The molecule has 176 valence electrons. The summed E-state index contributed by atoms with van der Waals surface area (Å²) in [6, 6.07) is 0. The third-order valence-electron chi connectivity index (χ3n) is 6.07. The van der Waals surface area contributed by atoms with Crippen LogP contribution < -0.4 is 51.4 Å². The Morgan fingerprint density at radius 1 is 0.633 bits per heavy atom. The summed E-state index contributed by atoms with van der Waals surface area (Å²) >= 11 is 0. The summed E-state index contributed by atoms with van der Waals surface area (Å²) in [6.45, 7) is 4.02. The summed E-state index contributed by atoms with van der Waals surface area (Å²) in [5.41, 5.74) is 0. The number of unbranched alkanes of at least 4 members (excludes halogenated alkanes) is 14. The smallest absolute Gasteiger partial charge is 0.748 e. The van der Waals surface area contributed by atoms with Crippen LogP contribution in [0.15, 0.2) is 0 Å². The van der Waals surface area contributed by atoms with Crippen molar-refractivity contribution in [2.24, 2.45) is 0 Å². The molecular formula is C24H49KO4S. The summed E-state index contributed by atoms with van der Waals surface area (Å²) in [5.74, 6) is 0. The molecule has 0 aliphatic rings.